The van der Waals surface area contributed by atoms with Crippen molar-refractivity contribution in [3.63, 3.8) is 0 Å². The standard InChI is InChI=1S/C22H31N3O4/c1-29-15-5-12-23-21(27)19(24-20(26)17-6-3-2-4-7-17)16-10-13-25(14-11-16)22(28)18-8-9-18/h2-4,6-7,16,18-19H,5,8-15H2,1H3,(H,23,27)(H,24,26). The van der Waals surface area contributed by atoms with Crippen LogP contribution in [0.4, 0.5) is 0 Å². The average Bonchev–Trinajstić information content (AvgIpc) is 3.60. The third-order valence-electron chi connectivity index (χ3n) is 5.68. The molecule has 1 atom stereocenters. The number of hydrogen-bond donors (Lipinski definition) is 2. The van der Waals surface area contributed by atoms with Crippen LogP contribution >= 0.6 is 0 Å². The average molecular weight is 402 g/mol. The molecule has 1 aromatic rings. The van der Waals surface area contributed by atoms with E-state index in [9.17, 15) is 14.4 Å². The topological polar surface area (TPSA) is 87.7 Å². The maximum atomic E-state index is 12.9. The molecule has 7 nitrogen and oxygen atoms in total. The maximum Gasteiger partial charge on any atom is 0.251 e. The van der Waals surface area contributed by atoms with Gasteiger partial charge in [0.2, 0.25) is 11.8 Å². The fourth-order valence-corrected chi connectivity index (χ4v) is 3.79. The molecule has 3 amide bonds. The normalized spacial score (nSPS) is 18.2. The van der Waals surface area contributed by atoms with Crippen LogP contribution in [0.3, 0.4) is 0 Å². The van der Waals surface area contributed by atoms with Crippen molar-refractivity contribution < 1.29 is 19.1 Å². The Morgan fingerprint density at radius 2 is 1.79 bits per heavy atom. The number of likely N-dealkylation sites (tertiary alicyclic amines) is 1. The van der Waals surface area contributed by atoms with Gasteiger partial charge in [-0.2, -0.15) is 0 Å². The zero-order valence-electron chi connectivity index (χ0n) is 17.1. The molecule has 2 aliphatic rings. The van der Waals surface area contributed by atoms with Crippen molar-refractivity contribution in [3.05, 3.63) is 35.9 Å². The number of rotatable bonds is 9. The number of methoxy groups -OCH3 is 1. The van der Waals surface area contributed by atoms with E-state index in [1.165, 1.54) is 0 Å². The van der Waals surface area contributed by atoms with Gasteiger partial charge in [0.05, 0.1) is 0 Å². The summed E-state index contributed by atoms with van der Waals surface area (Å²) in [4.78, 5) is 39.8. The van der Waals surface area contributed by atoms with Crippen LogP contribution < -0.4 is 10.6 Å². The third-order valence-corrected chi connectivity index (χ3v) is 5.68. The molecule has 29 heavy (non-hydrogen) atoms. The van der Waals surface area contributed by atoms with Crippen LogP contribution in [0.2, 0.25) is 0 Å². The number of hydrogen-bond acceptors (Lipinski definition) is 4. The monoisotopic (exact) mass is 401 g/mol. The lowest BCUT2D eigenvalue weighted by molar-refractivity contribution is -0.134. The Balaban J connectivity index is 1.61. The third kappa shape index (κ3) is 6.03. The van der Waals surface area contributed by atoms with Gasteiger partial charge in [-0.3, -0.25) is 14.4 Å². The lowest BCUT2D eigenvalue weighted by atomic mass is 9.88. The van der Waals surface area contributed by atoms with Crippen LogP contribution in [-0.4, -0.2) is 62.0 Å². The van der Waals surface area contributed by atoms with Crippen molar-refractivity contribution in [1.82, 2.24) is 15.5 Å². The van der Waals surface area contributed by atoms with E-state index in [4.69, 9.17) is 4.74 Å². The van der Waals surface area contributed by atoms with Crippen molar-refractivity contribution in [2.45, 2.75) is 38.1 Å². The first-order valence-corrected chi connectivity index (χ1v) is 10.5. The van der Waals surface area contributed by atoms with E-state index in [0.717, 1.165) is 19.3 Å². The van der Waals surface area contributed by atoms with Crippen LogP contribution in [0.15, 0.2) is 30.3 Å². The summed E-state index contributed by atoms with van der Waals surface area (Å²) in [5, 5.41) is 5.86. The summed E-state index contributed by atoms with van der Waals surface area (Å²) >= 11 is 0. The van der Waals surface area contributed by atoms with E-state index in [0.29, 0.717) is 44.6 Å². The highest BCUT2D eigenvalue weighted by molar-refractivity contribution is 5.97. The number of nitrogens with zero attached hydrogens (tertiary/aromatic N) is 1. The van der Waals surface area contributed by atoms with Crippen LogP contribution in [0.5, 0.6) is 0 Å². The molecular formula is C22H31N3O4. The number of amides is 3. The molecule has 1 heterocycles. The van der Waals surface area contributed by atoms with E-state index >= 15 is 0 Å². The Hall–Kier alpha value is -2.41. The van der Waals surface area contributed by atoms with Crippen LogP contribution in [0.25, 0.3) is 0 Å². The molecule has 1 aliphatic carbocycles. The second-order valence-electron chi connectivity index (χ2n) is 7.89. The first kappa shape index (κ1) is 21.3. The van der Waals surface area contributed by atoms with Gasteiger partial charge in [0.15, 0.2) is 0 Å². The molecule has 7 heteroatoms. The Morgan fingerprint density at radius 1 is 1.10 bits per heavy atom. The minimum Gasteiger partial charge on any atom is -0.385 e. The molecular weight excluding hydrogens is 370 g/mol. The molecule has 2 fully saturated rings. The van der Waals surface area contributed by atoms with E-state index in [2.05, 4.69) is 10.6 Å². The highest BCUT2D eigenvalue weighted by atomic mass is 16.5. The zero-order valence-corrected chi connectivity index (χ0v) is 17.1. The lowest BCUT2D eigenvalue weighted by Gasteiger charge is -2.36. The van der Waals surface area contributed by atoms with Crippen LogP contribution in [0.1, 0.15) is 42.5 Å². The molecule has 3 rings (SSSR count). The van der Waals surface area contributed by atoms with E-state index in [-0.39, 0.29) is 29.6 Å². The molecule has 0 radical (unpaired) electrons. The maximum absolute atomic E-state index is 12.9. The second-order valence-corrected chi connectivity index (χ2v) is 7.89. The number of ether oxygens (including phenoxy) is 1. The molecule has 158 valence electrons. The van der Waals surface area contributed by atoms with Crippen molar-refractivity contribution in [3.8, 4) is 0 Å². The number of benzene rings is 1. The summed E-state index contributed by atoms with van der Waals surface area (Å²) in [6.07, 6.45) is 4.14. The molecule has 0 bridgehead atoms. The van der Waals surface area contributed by atoms with Crippen molar-refractivity contribution in [2.75, 3.05) is 33.4 Å². The summed E-state index contributed by atoms with van der Waals surface area (Å²) in [5.74, 6) is 0.0476. The largest absolute Gasteiger partial charge is 0.385 e. The summed E-state index contributed by atoms with van der Waals surface area (Å²) in [6, 6.07) is 8.32. The summed E-state index contributed by atoms with van der Waals surface area (Å²) < 4.78 is 5.02. The first-order chi connectivity index (χ1) is 14.1. The van der Waals surface area contributed by atoms with E-state index in [1.54, 1.807) is 31.4 Å². The number of carbonyl (C=O) groups is 3. The van der Waals surface area contributed by atoms with Gasteiger partial charge < -0.3 is 20.3 Å². The molecule has 2 N–H and O–H groups in total. The lowest BCUT2D eigenvalue weighted by Crippen LogP contribution is -2.54. The number of carbonyl (C=O) groups excluding carboxylic acids is 3. The molecule has 1 unspecified atom stereocenters. The van der Waals surface area contributed by atoms with Gasteiger partial charge in [0, 0.05) is 44.8 Å². The quantitative estimate of drug-likeness (QED) is 0.615. The predicted octanol–water partition coefficient (Wildman–Crippen LogP) is 1.59. The zero-order chi connectivity index (χ0) is 20.6. The van der Waals surface area contributed by atoms with Crippen molar-refractivity contribution in [2.24, 2.45) is 11.8 Å². The molecule has 1 aromatic carbocycles. The number of piperidine rings is 1. The van der Waals surface area contributed by atoms with Gasteiger partial charge >= 0.3 is 0 Å². The van der Waals surface area contributed by atoms with Crippen molar-refractivity contribution >= 4 is 17.7 Å². The van der Waals surface area contributed by atoms with Gasteiger partial charge in [0.1, 0.15) is 6.04 Å². The van der Waals surface area contributed by atoms with Crippen molar-refractivity contribution in [1.29, 1.82) is 0 Å². The number of nitrogens with one attached hydrogen (secondary N) is 2. The van der Waals surface area contributed by atoms with Gasteiger partial charge in [-0.1, -0.05) is 18.2 Å². The fraction of sp³-hybridized carbons (Fsp3) is 0.591. The Labute approximate surface area is 172 Å². The Kier molecular flexibility index (Phi) is 7.63. The van der Waals surface area contributed by atoms with Gasteiger partial charge in [-0.05, 0) is 50.2 Å². The van der Waals surface area contributed by atoms with Crippen LogP contribution in [-0.2, 0) is 14.3 Å². The summed E-state index contributed by atoms with van der Waals surface area (Å²) in [7, 11) is 1.63. The molecule has 1 saturated heterocycles. The predicted molar refractivity (Wildman–Crippen MR) is 109 cm³/mol. The second kappa shape index (κ2) is 10.4. The van der Waals surface area contributed by atoms with Gasteiger partial charge in [-0.25, -0.2) is 0 Å². The Bertz CT molecular complexity index is 697. The molecule has 0 aromatic heterocycles. The smallest absolute Gasteiger partial charge is 0.251 e. The first-order valence-electron chi connectivity index (χ1n) is 10.5. The van der Waals surface area contributed by atoms with Gasteiger partial charge in [0.25, 0.3) is 5.91 Å². The molecule has 1 aliphatic heterocycles. The summed E-state index contributed by atoms with van der Waals surface area (Å²) in [5.41, 5.74) is 0.533. The fourth-order valence-electron chi connectivity index (χ4n) is 3.79. The van der Waals surface area contributed by atoms with Gasteiger partial charge in [-0.15, -0.1) is 0 Å². The highest BCUT2D eigenvalue weighted by Gasteiger charge is 2.38. The summed E-state index contributed by atoms with van der Waals surface area (Å²) in [6.45, 7) is 2.37. The van der Waals surface area contributed by atoms with E-state index < -0.39 is 6.04 Å². The Morgan fingerprint density at radius 3 is 2.41 bits per heavy atom. The SMILES string of the molecule is COCCCNC(=O)C(NC(=O)c1ccccc1)C1CCN(C(=O)C2CC2)CC1. The molecule has 0 spiro atoms. The highest BCUT2D eigenvalue weighted by Crippen LogP contribution is 2.33. The van der Waals surface area contributed by atoms with E-state index in [1.807, 2.05) is 11.0 Å². The minimum absolute atomic E-state index is 0.00772. The van der Waals surface area contributed by atoms with Crippen LogP contribution in [0, 0.1) is 11.8 Å². The minimum atomic E-state index is -0.608. The molecule has 1 saturated carbocycles.